The number of aromatic nitrogens is 2. The highest BCUT2D eigenvalue weighted by atomic mass is 16.5. The van der Waals surface area contributed by atoms with Crippen molar-refractivity contribution in [3.8, 4) is 0 Å². The normalized spacial score (nSPS) is 28.8. The molecule has 1 saturated carbocycles. The van der Waals surface area contributed by atoms with Crippen LogP contribution in [-0.4, -0.2) is 21.8 Å². The first-order chi connectivity index (χ1) is 9.77. The van der Waals surface area contributed by atoms with Crippen molar-refractivity contribution in [1.29, 1.82) is 0 Å². The summed E-state index contributed by atoms with van der Waals surface area (Å²) in [5.74, 6) is 1.25. The van der Waals surface area contributed by atoms with Gasteiger partial charge in [0.2, 0.25) is 0 Å². The molecule has 110 valence electrons. The van der Waals surface area contributed by atoms with Gasteiger partial charge in [0.25, 0.3) is 0 Å². The number of fused-ring (bicyclic) bond motifs is 1. The Labute approximate surface area is 121 Å². The summed E-state index contributed by atoms with van der Waals surface area (Å²) in [6, 6.07) is 0.635. The molecule has 2 aliphatic carbocycles. The predicted octanol–water partition coefficient (Wildman–Crippen LogP) is 3.73. The van der Waals surface area contributed by atoms with Crippen molar-refractivity contribution in [3.05, 3.63) is 17.2 Å². The van der Waals surface area contributed by atoms with Crippen LogP contribution < -0.4 is 0 Å². The van der Waals surface area contributed by atoms with Gasteiger partial charge in [0.1, 0.15) is 5.82 Å². The minimum atomic E-state index is 0.210. The summed E-state index contributed by atoms with van der Waals surface area (Å²) in [6.07, 6.45) is 12.7. The standard InChI is InChI=1S/C17H26N2O/c1-13-18-15-6-2-3-7-16(15)19(13)14-8-11-20-17(12-14)9-4-5-10-17/h14H,2-12H2,1H3. The zero-order valence-corrected chi connectivity index (χ0v) is 12.7. The van der Waals surface area contributed by atoms with Crippen molar-refractivity contribution >= 4 is 0 Å². The Balaban J connectivity index is 1.65. The van der Waals surface area contributed by atoms with E-state index in [2.05, 4.69) is 11.5 Å². The van der Waals surface area contributed by atoms with E-state index in [1.807, 2.05) is 0 Å². The second kappa shape index (κ2) is 4.87. The van der Waals surface area contributed by atoms with Crippen LogP contribution in [0.25, 0.3) is 0 Å². The molecule has 3 aliphatic rings. The van der Waals surface area contributed by atoms with Gasteiger partial charge in [-0.2, -0.15) is 0 Å². The number of aryl methyl sites for hydroxylation is 2. The molecule has 1 aromatic heterocycles. The summed E-state index contributed by atoms with van der Waals surface area (Å²) in [5, 5.41) is 0. The van der Waals surface area contributed by atoms with Gasteiger partial charge in [-0.05, 0) is 58.3 Å². The fourth-order valence-corrected chi connectivity index (χ4v) is 4.77. The molecule has 3 nitrogen and oxygen atoms in total. The average molecular weight is 274 g/mol. The molecule has 0 radical (unpaired) electrons. The topological polar surface area (TPSA) is 27.1 Å². The molecule has 1 atom stereocenters. The summed E-state index contributed by atoms with van der Waals surface area (Å²) in [6.45, 7) is 3.15. The van der Waals surface area contributed by atoms with Gasteiger partial charge >= 0.3 is 0 Å². The van der Waals surface area contributed by atoms with Gasteiger partial charge in [-0.3, -0.25) is 0 Å². The maximum atomic E-state index is 6.20. The smallest absolute Gasteiger partial charge is 0.106 e. The molecule has 3 heteroatoms. The van der Waals surface area contributed by atoms with Crippen LogP contribution in [0.5, 0.6) is 0 Å². The molecule has 0 aromatic carbocycles. The Bertz CT molecular complexity index is 499. The maximum absolute atomic E-state index is 6.20. The molecule has 4 rings (SSSR count). The molecular weight excluding hydrogens is 248 g/mol. The lowest BCUT2D eigenvalue weighted by atomic mass is 9.88. The number of imidazole rings is 1. The lowest BCUT2D eigenvalue weighted by molar-refractivity contribution is -0.0899. The second-order valence-corrected chi connectivity index (χ2v) is 7.01. The second-order valence-electron chi connectivity index (χ2n) is 7.01. The van der Waals surface area contributed by atoms with E-state index >= 15 is 0 Å². The molecule has 1 aromatic rings. The first-order valence-electron chi connectivity index (χ1n) is 8.48. The minimum absolute atomic E-state index is 0.210. The quantitative estimate of drug-likeness (QED) is 0.780. The van der Waals surface area contributed by atoms with E-state index in [4.69, 9.17) is 9.72 Å². The number of rotatable bonds is 1. The summed E-state index contributed by atoms with van der Waals surface area (Å²) in [7, 11) is 0. The van der Waals surface area contributed by atoms with Gasteiger partial charge in [-0.15, -0.1) is 0 Å². The summed E-state index contributed by atoms with van der Waals surface area (Å²) in [4.78, 5) is 4.86. The summed E-state index contributed by atoms with van der Waals surface area (Å²) >= 11 is 0. The molecule has 1 saturated heterocycles. The monoisotopic (exact) mass is 274 g/mol. The zero-order valence-electron chi connectivity index (χ0n) is 12.7. The third kappa shape index (κ3) is 2.02. The van der Waals surface area contributed by atoms with Crippen molar-refractivity contribution in [1.82, 2.24) is 9.55 Å². The van der Waals surface area contributed by atoms with Crippen LogP contribution in [0.3, 0.4) is 0 Å². The largest absolute Gasteiger partial charge is 0.375 e. The molecule has 20 heavy (non-hydrogen) atoms. The van der Waals surface area contributed by atoms with Crippen LogP contribution >= 0.6 is 0 Å². The van der Waals surface area contributed by atoms with Gasteiger partial charge < -0.3 is 9.30 Å². The van der Waals surface area contributed by atoms with Gasteiger partial charge in [-0.25, -0.2) is 4.98 Å². The highest BCUT2D eigenvalue weighted by Crippen LogP contribution is 2.44. The van der Waals surface area contributed by atoms with Gasteiger partial charge in [0.15, 0.2) is 0 Å². The van der Waals surface area contributed by atoms with Crippen molar-refractivity contribution in [2.45, 2.75) is 82.8 Å². The Morgan fingerprint density at radius 3 is 2.80 bits per heavy atom. The molecule has 1 aliphatic heterocycles. The fourth-order valence-electron chi connectivity index (χ4n) is 4.77. The van der Waals surface area contributed by atoms with Crippen molar-refractivity contribution < 1.29 is 4.74 Å². The van der Waals surface area contributed by atoms with E-state index in [0.717, 1.165) is 6.61 Å². The molecular formula is C17H26N2O. The van der Waals surface area contributed by atoms with E-state index < -0.39 is 0 Å². The molecule has 1 spiro atoms. The number of hydrogen-bond acceptors (Lipinski definition) is 2. The predicted molar refractivity (Wildman–Crippen MR) is 79.0 cm³/mol. The van der Waals surface area contributed by atoms with Gasteiger partial charge in [-0.1, -0.05) is 12.8 Å². The lowest BCUT2D eigenvalue weighted by Crippen LogP contribution is -2.38. The van der Waals surface area contributed by atoms with Gasteiger partial charge in [0.05, 0.1) is 11.3 Å². The number of ether oxygens (including phenoxy) is 1. The molecule has 1 unspecified atom stereocenters. The van der Waals surface area contributed by atoms with Crippen LogP contribution in [0.4, 0.5) is 0 Å². The highest BCUT2D eigenvalue weighted by molar-refractivity contribution is 5.21. The average Bonchev–Trinajstić information content (AvgIpc) is 3.02. The first-order valence-corrected chi connectivity index (χ1v) is 8.48. The molecule has 0 amide bonds. The third-order valence-corrected chi connectivity index (χ3v) is 5.69. The number of nitrogens with zero attached hydrogens (tertiary/aromatic N) is 2. The van der Waals surface area contributed by atoms with E-state index in [-0.39, 0.29) is 5.60 Å². The van der Waals surface area contributed by atoms with Crippen molar-refractivity contribution in [2.75, 3.05) is 6.61 Å². The third-order valence-electron chi connectivity index (χ3n) is 5.69. The zero-order chi connectivity index (χ0) is 13.6. The highest BCUT2D eigenvalue weighted by Gasteiger charge is 2.41. The molecule has 2 heterocycles. The SMILES string of the molecule is Cc1nc2c(n1C1CCOC3(CCCC3)C1)CCCC2. The fraction of sp³-hybridized carbons (Fsp3) is 0.824. The first kappa shape index (κ1) is 12.9. The van der Waals surface area contributed by atoms with E-state index in [0.29, 0.717) is 6.04 Å². The van der Waals surface area contributed by atoms with Crippen LogP contribution in [0, 0.1) is 6.92 Å². The summed E-state index contributed by atoms with van der Waals surface area (Å²) in [5.41, 5.74) is 3.15. The van der Waals surface area contributed by atoms with Crippen LogP contribution in [0.15, 0.2) is 0 Å². The lowest BCUT2D eigenvalue weighted by Gasteiger charge is -2.39. The molecule has 2 fully saturated rings. The molecule has 0 bridgehead atoms. The summed E-state index contributed by atoms with van der Waals surface area (Å²) < 4.78 is 8.80. The van der Waals surface area contributed by atoms with E-state index in [9.17, 15) is 0 Å². The van der Waals surface area contributed by atoms with Gasteiger partial charge in [0, 0.05) is 18.3 Å². The Morgan fingerprint density at radius 1 is 1.15 bits per heavy atom. The van der Waals surface area contributed by atoms with Crippen molar-refractivity contribution in [2.24, 2.45) is 0 Å². The Morgan fingerprint density at radius 2 is 1.95 bits per heavy atom. The van der Waals surface area contributed by atoms with Crippen LogP contribution in [0.1, 0.15) is 74.6 Å². The Kier molecular flexibility index (Phi) is 3.13. The van der Waals surface area contributed by atoms with E-state index in [1.165, 1.54) is 75.7 Å². The van der Waals surface area contributed by atoms with Crippen LogP contribution in [-0.2, 0) is 17.6 Å². The minimum Gasteiger partial charge on any atom is -0.375 e. The Hall–Kier alpha value is -0.830. The van der Waals surface area contributed by atoms with Crippen LogP contribution in [0.2, 0.25) is 0 Å². The number of hydrogen-bond donors (Lipinski definition) is 0. The van der Waals surface area contributed by atoms with Crippen molar-refractivity contribution in [3.63, 3.8) is 0 Å². The van der Waals surface area contributed by atoms with E-state index in [1.54, 1.807) is 5.69 Å². The molecule has 0 N–H and O–H groups in total. The maximum Gasteiger partial charge on any atom is 0.106 e.